The lowest BCUT2D eigenvalue weighted by atomic mass is 10.0. The second-order valence-corrected chi connectivity index (χ2v) is 14.0. The number of nitrogens with zero attached hydrogens (tertiary/aromatic N) is 3. The lowest BCUT2D eigenvalue weighted by molar-refractivity contribution is -0.134. The number of aliphatic imine (C=N–C) groups is 1. The largest absolute Gasteiger partial charge is 0.483 e. The summed E-state index contributed by atoms with van der Waals surface area (Å²) in [5.41, 5.74) is 5.74. The van der Waals surface area contributed by atoms with Crippen molar-refractivity contribution >= 4 is 19.7 Å². The zero-order valence-electron chi connectivity index (χ0n) is 38.8. The molecule has 1 unspecified atom stereocenters. The van der Waals surface area contributed by atoms with Crippen LogP contribution >= 0.6 is 0 Å². The molecule has 0 aromatic rings. The highest BCUT2D eigenvalue weighted by Crippen LogP contribution is 2.14. The number of nitrogens with one attached hydrogen (secondary N) is 1. The summed E-state index contributed by atoms with van der Waals surface area (Å²) < 4.78 is 5.09. The Labute approximate surface area is 350 Å². The molecule has 0 amide bonds. The number of hydrogen-bond acceptors (Lipinski definition) is 8. The number of ether oxygens (including phenoxy) is 1. The van der Waals surface area contributed by atoms with Crippen molar-refractivity contribution in [1.29, 1.82) is 5.26 Å². The van der Waals surface area contributed by atoms with Crippen LogP contribution in [0.1, 0.15) is 221 Å². The summed E-state index contributed by atoms with van der Waals surface area (Å²) in [4.78, 5) is 24.1. The minimum atomic E-state index is -0.250. The number of carbonyl (C=O) groups is 2. The normalized spacial score (nSPS) is 10.4. The molecule has 0 saturated heterocycles. The van der Waals surface area contributed by atoms with Crippen LogP contribution in [0.4, 0.5) is 0 Å². The van der Waals surface area contributed by atoms with E-state index >= 15 is 0 Å². The van der Waals surface area contributed by atoms with E-state index in [-0.39, 0.29) is 12.6 Å². The van der Waals surface area contributed by atoms with Gasteiger partial charge in [0.15, 0.2) is 0 Å². The molecule has 0 aliphatic heterocycles. The van der Waals surface area contributed by atoms with Gasteiger partial charge in [-0.2, -0.15) is 10.3 Å². The smallest absolute Gasteiger partial charge is 0.293 e. The molecule has 0 heterocycles. The molecule has 0 aromatic heterocycles. The second-order valence-electron chi connectivity index (χ2n) is 14.0. The van der Waals surface area contributed by atoms with Crippen LogP contribution in [0.25, 0.3) is 0 Å². The van der Waals surface area contributed by atoms with Crippen molar-refractivity contribution in [2.75, 3.05) is 40.3 Å². The van der Waals surface area contributed by atoms with Gasteiger partial charge in [-0.1, -0.05) is 163 Å². The molecule has 1 atom stereocenters. The van der Waals surface area contributed by atoms with E-state index in [1.165, 1.54) is 186 Å². The number of rotatable bonds is 35. The van der Waals surface area contributed by atoms with Crippen molar-refractivity contribution in [3.63, 3.8) is 0 Å². The molecule has 336 valence electrons. The van der Waals surface area contributed by atoms with Gasteiger partial charge in [-0.3, -0.25) is 9.59 Å². The molecular formula is C47H99N5O4. The van der Waals surface area contributed by atoms with Gasteiger partial charge in [-0.15, -0.1) is 0 Å². The Morgan fingerprint density at radius 3 is 1.34 bits per heavy atom. The molecule has 4 N–H and O–H groups in total. The van der Waals surface area contributed by atoms with E-state index in [1.807, 2.05) is 27.9 Å². The molecule has 0 bridgehead atoms. The van der Waals surface area contributed by atoms with Gasteiger partial charge in [0.05, 0.1) is 0 Å². The molecule has 9 nitrogen and oxygen atoms in total. The minimum Gasteiger partial charge on any atom is -0.483 e. The Morgan fingerprint density at radius 1 is 0.661 bits per heavy atom. The highest BCUT2D eigenvalue weighted by Gasteiger charge is 2.08. The third kappa shape index (κ3) is 80.2. The molecule has 9 heteroatoms. The summed E-state index contributed by atoms with van der Waals surface area (Å²) in [5, 5.41) is 17.0. The van der Waals surface area contributed by atoms with Gasteiger partial charge in [0.1, 0.15) is 6.10 Å². The molecule has 0 aliphatic rings. The third-order valence-electron chi connectivity index (χ3n) is 8.82. The summed E-state index contributed by atoms with van der Waals surface area (Å²) in [6, 6.07) is 0. The SMILES string of the molecule is C=NC#N.CC.CCCCCC/C=C\CCCCCCCCN(CCCN)CCCCCCCC.CCCCCCC(CCCCC)OC=O.CNC.O=CO. The molecule has 56 heavy (non-hydrogen) atoms. The van der Waals surface area contributed by atoms with Crippen LogP contribution in [0.15, 0.2) is 17.1 Å². The number of allylic oxidation sites excluding steroid dienone is 2. The summed E-state index contributed by atoms with van der Waals surface area (Å²) in [6.07, 6.45) is 43.3. The topological polar surface area (TPSA) is 141 Å². The fraction of sp³-hybridized carbons (Fsp3) is 0.872. The number of carbonyl (C=O) groups excluding carboxylic acids is 1. The first kappa shape index (κ1) is 65.6. The number of hydrogen-bond donors (Lipinski definition) is 3. The lowest BCUT2D eigenvalue weighted by Crippen LogP contribution is -2.28. The summed E-state index contributed by atoms with van der Waals surface area (Å²) in [5.74, 6) is 0. The van der Waals surface area contributed by atoms with Gasteiger partial charge in [-0.25, -0.2) is 0 Å². The van der Waals surface area contributed by atoms with E-state index < -0.39 is 0 Å². The Morgan fingerprint density at radius 2 is 0.964 bits per heavy atom. The van der Waals surface area contributed by atoms with Crippen LogP contribution < -0.4 is 11.1 Å². The Balaban J connectivity index is -0.000000191. The van der Waals surface area contributed by atoms with Crippen LogP contribution in [-0.2, 0) is 14.3 Å². The fourth-order valence-corrected chi connectivity index (χ4v) is 5.78. The number of carboxylic acid groups (broad SMARTS) is 1. The Kier molecular flexibility index (Phi) is 86.4. The van der Waals surface area contributed by atoms with E-state index in [4.69, 9.17) is 25.6 Å². The Bertz CT molecular complexity index is 734. The Hall–Kier alpha value is -2.28. The van der Waals surface area contributed by atoms with E-state index in [1.54, 1.807) is 0 Å². The molecular weight excluding hydrogens is 699 g/mol. The third-order valence-corrected chi connectivity index (χ3v) is 8.82. The van der Waals surface area contributed by atoms with E-state index in [0.717, 1.165) is 25.8 Å². The minimum absolute atomic E-state index is 0.172. The van der Waals surface area contributed by atoms with Gasteiger partial charge in [0.25, 0.3) is 12.9 Å². The molecule has 0 radical (unpaired) electrons. The molecule has 0 fully saturated rings. The van der Waals surface area contributed by atoms with Gasteiger partial charge in [0.2, 0.25) is 6.19 Å². The average Bonchev–Trinajstić information content (AvgIpc) is 3.21. The van der Waals surface area contributed by atoms with E-state index in [2.05, 4.69) is 61.8 Å². The van der Waals surface area contributed by atoms with E-state index in [0.29, 0.717) is 6.47 Å². The molecule has 0 aromatic carbocycles. The van der Waals surface area contributed by atoms with Gasteiger partial charge in [-0.05, 0) is 111 Å². The molecule has 0 rings (SSSR count). The standard InChI is InChI=1S/C27H56N2.C13H26O2.C2H2N2.C2H7N.C2H6.CH2O2/c1-3-5-7-9-11-12-13-14-15-16-17-18-20-22-26-29(27-23-24-28)25-21-19-10-8-6-4-2;1-3-5-7-9-11-13(15-12-14)10-8-6-4-2;1-4-2-3;1-3-2;1-2;2-1-3/h12-13H,3-11,14-28H2,1-2H3;12-13H,3-11H2,1-2H3;1H2;3H,1-2H3;1-2H3;1H,(H,2,3)/b13-12-;;;;;. The van der Waals surface area contributed by atoms with E-state index in [9.17, 15) is 4.79 Å². The van der Waals surface area contributed by atoms with Crippen molar-refractivity contribution in [1.82, 2.24) is 10.2 Å². The van der Waals surface area contributed by atoms with Gasteiger partial charge in [0, 0.05) is 6.72 Å². The maximum atomic E-state index is 10.3. The first-order valence-corrected chi connectivity index (χ1v) is 23.1. The maximum absolute atomic E-state index is 10.3. The van der Waals surface area contributed by atoms with Crippen molar-refractivity contribution in [3.05, 3.63) is 12.2 Å². The predicted octanol–water partition coefficient (Wildman–Crippen LogP) is 13.1. The molecule has 0 saturated carbocycles. The zero-order chi connectivity index (χ0) is 43.4. The lowest BCUT2D eigenvalue weighted by Gasteiger charge is -2.22. The summed E-state index contributed by atoms with van der Waals surface area (Å²) in [6.45, 7) is 20.8. The van der Waals surface area contributed by atoms with Gasteiger partial charge >= 0.3 is 0 Å². The average molecular weight is 798 g/mol. The first-order chi connectivity index (χ1) is 27.4. The maximum Gasteiger partial charge on any atom is 0.293 e. The van der Waals surface area contributed by atoms with Crippen LogP contribution in [0.2, 0.25) is 0 Å². The van der Waals surface area contributed by atoms with Crippen molar-refractivity contribution in [2.45, 2.75) is 227 Å². The molecule has 0 aliphatic carbocycles. The zero-order valence-corrected chi connectivity index (χ0v) is 38.8. The molecule has 0 spiro atoms. The highest BCUT2D eigenvalue weighted by atomic mass is 16.5. The predicted molar refractivity (Wildman–Crippen MR) is 248 cm³/mol. The van der Waals surface area contributed by atoms with Crippen molar-refractivity contribution < 1.29 is 19.4 Å². The summed E-state index contributed by atoms with van der Waals surface area (Å²) >= 11 is 0. The highest BCUT2D eigenvalue weighted by molar-refractivity contribution is 5.37. The first-order valence-electron chi connectivity index (χ1n) is 23.1. The van der Waals surface area contributed by atoms with Gasteiger partial charge < -0.3 is 25.8 Å². The van der Waals surface area contributed by atoms with Crippen molar-refractivity contribution in [2.24, 2.45) is 10.7 Å². The van der Waals surface area contributed by atoms with Crippen molar-refractivity contribution in [3.8, 4) is 6.19 Å². The number of nitriles is 1. The van der Waals surface area contributed by atoms with Crippen LogP contribution in [0.3, 0.4) is 0 Å². The van der Waals surface area contributed by atoms with Crippen LogP contribution in [0.5, 0.6) is 0 Å². The van der Waals surface area contributed by atoms with Crippen LogP contribution in [0, 0.1) is 11.5 Å². The number of nitrogens with two attached hydrogens (primary N) is 1. The quantitative estimate of drug-likeness (QED) is 0.0189. The summed E-state index contributed by atoms with van der Waals surface area (Å²) in [7, 11) is 3.75. The van der Waals surface area contributed by atoms with Crippen LogP contribution in [-0.4, -0.2) is 76.0 Å². The monoisotopic (exact) mass is 798 g/mol. The second kappa shape index (κ2) is 73.8. The fourth-order valence-electron chi connectivity index (χ4n) is 5.78. The number of unbranched alkanes of at least 4 members (excludes halogenated alkanes) is 20.